The number of hydrogen-bond acceptors (Lipinski definition) is 7. The number of alkyl halides is 3. The van der Waals surface area contributed by atoms with Gasteiger partial charge in [0.25, 0.3) is 17.3 Å². The van der Waals surface area contributed by atoms with Gasteiger partial charge >= 0.3 is 6.18 Å². The second-order valence-corrected chi connectivity index (χ2v) is 7.84. The zero-order chi connectivity index (χ0) is 25.2. The van der Waals surface area contributed by atoms with Crippen LogP contribution >= 0.6 is 12.2 Å². The van der Waals surface area contributed by atoms with E-state index in [1.54, 1.807) is 16.7 Å². The Kier molecular flexibility index (Phi) is 7.00. The number of carbonyl (C=O) groups excluding carboxylic acids is 1. The normalized spacial score (nSPS) is 14.0. The lowest BCUT2D eigenvalue weighted by molar-refractivity contribution is -0.385. The van der Waals surface area contributed by atoms with Crippen LogP contribution in [-0.2, 0) is 6.18 Å². The minimum absolute atomic E-state index is 0.0543. The predicted octanol–water partition coefficient (Wildman–Crippen LogP) is 3.67. The van der Waals surface area contributed by atoms with Crippen molar-refractivity contribution in [1.29, 1.82) is 0 Å². The molecule has 1 heterocycles. The molecule has 10 nitrogen and oxygen atoms in total. The number of carbonyl (C=O) groups is 1. The van der Waals surface area contributed by atoms with Crippen molar-refractivity contribution in [3.8, 4) is 0 Å². The van der Waals surface area contributed by atoms with Gasteiger partial charge in [-0.1, -0.05) is 6.07 Å². The summed E-state index contributed by atoms with van der Waals surface area (Å²) >= 11 is 5.25. The molecule has 0 radical (unpaired) electrons. The van der Waals surface area contributed by atoms with E-state index in [1.807, 2.05) is 0 Å². The molecule has 0 aliphatic carbocycles. The van der Waals surface area contributed by atoms with Crippen molar-refractivity contribution in [1.82, 2.24) is 10.2 Å². The molecule has 1 fully saturated rings. The Labute approximate surface area is 196 Å². The first kappa shape index (κ1) is 24.8. The molecule has 0 unspecified atom stereocenters. The summed E-state index contributed by atoms with van der Waals surface area (Å²) in [5.74, 6) is -0.631. The van der Waals surface area contributed by atoms with E-state index in [2.05, 4.69) is 5.32 Å². The van der Waals surface area contributed by atoms with Gasteiger partial charge in [0, 0.05) is 49.4 Å². The Morgan fingerprint density at radius 2 is 1.62 bits per heavy atom. The number of nitrogens with one attached hydrogen (secondary N) is 1. The molecule has 14 heteroatoms. The SMILES string of the molecule is Cc1ccc(C(=O)NC(=S)N2CCN(c3ccc(C(F)(F)F)cc3[N+](=O)[O-])CC2)cc1[N+](=O)[O-]. The molecule has 0 bridgehead atoms. The van der Waals surface area contributed by atoms with Crippen molar-refractivity contribution in [2.24, 2.45) is 0 Å². The Morgan fingerprint density at radius 1 is 1.00 bits per heavy atom. The first-order chi connectivity index (χ1) is 15.9. The second kappa shape index (κ2) is 9.59. The molecule has 3 rings (SSSR count). The Morgan fingerprint density at radius 3 is 2.18 bits per heavy atom. The third kappa shape index (κ3) is 5.39. The monoisotopic (exact) mass is 497 g/mol. The fourth-order valence-electron chi connectivity index (χ4n) is 3.46. The highest BCUT2D eigenvalue weighted by molar-refractivity contribution is 7.80. The molecule has 1 saturated heterocycles. The minimum atomic E-state index is -4.70. The van der Waals surface area contributed by atoms with Gasteiger partial charge in [-0.3, -0.25) is 30.3 Å². The van der Waals surface area contributed by atoms with E-state index in [9.17, 15) is 38.2 Å². The van der Waals surface area contributed by atoms with Gasteiger partial charge in [-0.15, -0.1) is 0 Å². The lowest BCUT2D eigenvalue weighted by Gasteiger charge is -2.37. The van der Waals surface area contributed by atoms with Crippen molar-refractivity contribution in [3.63, 3.8) is 0 Å². The number of amides is 1. The van der Waals surface area contributed by atoms with Crippen molar-refractivity contribution in [2.45, 2.75) is 13.1 Å². The van der Waals surface area contributed by atoms with Gasteiger partial charge in [0.15, 0.2) is 5.11 Å². The fourth-order valence-corrected chi connectivity index (χ4v) is 3.73. The number of nitro groups is 2. The number of hydrogen-bond donors (Lipinski definition) is 1. The van der Waals surface area contributed by atoms with Crippen LogP contribution in [0.25, 0.3) is 0 Å². The number of nitro benzene ring substituents is 2. The van der Waals surface area contributed by atoms with Crippen molar-refractivity contribution < 1.29 is 27.8 Å². The van der Waals surface area contributed by atoms with Crippen LogP contribution in [0, 0.1) is 27.2 Å². The third-order valence-corrected chi connectivity index (χ3v) is 5.66. The standard InChI is InChI=1S/C20H18F3N5O5S/c1-12-2-3-13(10-16(12)27(30)31)18(29)24-19(34)26-8-6-25(7-9-26)15-5-4-14(20(21,22)23)11-17(15)28(32)33/h2-5,10-11H,6-9H2,1H3,(H,24,29,34). The lowest BCUT2D eigenvalue weighted by Crippen LogP contribution is -2.52. The van der Waals surface area contributed by atoms with Crippen LogP contribution in [0.3, 0.4) is 0 Å². The Hall–Kier alpha value is -3.81. The largest absolute Gasteiger partial charge is 0.416 e. The van der Waals surface area contributed by atoms with E-state index in [4.69, 9.17) is 12.2 Å². The lowest BCUT2D eigenvalue weighted by atomic mass is 10.1. The number of nitrogens with zero attached hydrogens (tertiary/aromatic N) is 4. The molecule has 0 aromatic heterocycles. The highest BCUT2D eigenvalue weighted by atomic mass is 32.1. The fraction of sp³-hybridized carbons (Fsp3) is 0.300. The molecule has 34 heavy (non-hydrogen) atoms. The van der Waals surface area contributed by atoms with Gasteiger partial charge in [0.05, 0.1) is 15.4 Å². The zero-order valence-corrected chi connectivity index (χ0v) is 18.5. The molecule has 0 spiro atoms. The zero-order valence-electron chi connectivity index (χ0n) is 17.7. The number of anilines is 1. The summed E-state index contributed by atoms with van der Waals surface area (Å²) in [6, 6.07) is 6.40. The number of thiocarbonyl (C=S) groups is 1. The maximum absolute atomic E-state index is 12.9. The summed E-state index contributed by atoms with van der Waals surface area (Å²) in [6.07, 6.45) is -4.70. The molecule has 0 saturated carbocycles. The van der Waals surface area contributed by atoms with E-state index in [1.165, 1.54) is 12.1 Å². The third-order valence-electron chi connectivity index (χ3n) is 5.30. The van der Waals surface area contributed by atoms with Crippen LogP contribution < -0.4 is 10.2 Å². The molecule has 2 aromatic carbocycles. The van der Waals surface area contributed by atoms with Crippen molar-refractivity contribution in [2.75, 3.05) is 31.1 Å². The van der Waals surface area contributed by atoms with E-state index < -0.39 is 33.2 Å². The molecule has 1 N–H and O–H groups in total. The van der Waals surface area contributed by atoms with Crippen molar-refractivity contribution in [3.05, 3.63) is 73.3 Å². The molecule has 2 aromatic rings. The van der Waals surface area contributed by atoms with E-state index >= 15 is 0 Å². The Balaban J connectivity index is 1.66. The maximum Gasteiger partial charge on any atom is 0.416 e. The first-order valence-electron chi connectivity index (χ1n) is 9.84. The average molecular weight is 497 g/mol. The van der Waals surface area contributed by atoms with Crippen molar-refractivity contribution >= 4 is 40.3 Å². The summed E-state index contributed by atoms with van der Waals surface area (Å²) < 4.78 is 38.8. The maximum atomic E-state index is 12.9. The highest BCUT2D eigenvalue weighted by Gasteiger charge is 2.34. The van der Waals surface area contributed by atoms with Crippen LogP contribution in [0.4, 0.5) is 30.2 Å². The number of rotatable bonds is 4. The van der Waals surface area contributed by atoms with Crippen LogP contribution in [0.15, 0.2) is 36.4 Å². The summed E-state index contributed by atoms with van der Waals surface area (Å²) in [4.78, 5) is 36.7. The molecular formula is C20H18F3N5O5S. The first-order valence-corrected chi connectivity index (χ1v) is 10.2. The molecule has 0 atom stereocenters. The Bertz CT molecular complexity index is 1170. The second-order valence-electron chi connectivity index (χ2n) is 7.45. The van der Waals surface area contributed by atoms with E-state index in [-0.39, 0.29) is 48.2 Å². The summed E-state index contributed by atoms with van der Waals surface area (Å²) in [7, 11) is 0. The van der Waals surface area contributed by atoms with Gasteiger partial charge in [-0.25, -0.2) is 0 Å². The molecule has 1 aliphatic heterocycles. The van der Waals surface area contributed by atoms with E-state index in [0.29, 0.717) is 11.6 Å². The van der Waals surface area contributed by atoms with Gasteiger partial charge in [0.1, 0.15) is 5.69 Å². The molecule has 1 aliphatic rings. The minimum Gasteiger partial charge on any atom is -0.362 e. The molecule has 180 valence electrons. The predicted molar refractivity (Wildman–Crippen MR) is 120 cm³/mol. The van der Waals surface area contributed by atoms with Gasteiger partial charge in [0.2, 0.25) is 0 Å². The quantitative estimate of drug-likeness (QED) is 0.386. The number of aryl methyl sites for hydroxylation is 1. The number of piperazine rings is 1. The average Bonchev–Trinajstić information content (AvgIpc) is 2.78. The molecular weight excluding hydrogens is 479 g/mol. The smallest absolute Gasteiger partial charge is 0.362 e. The van der Waals surface area contributed by atoms with Gasteiger partial charge in [-0.2, -0.15) is 13.2 Å². The van der Waals surface area contributed by atoms with Gasteiger partial charge in [-0.05, 0) is 37.3 Å². The molecule has 1 amide bonds. The topological polar surface area (TPSA) is 122 Å². The number of halogens is 3. The summed E-state index contributed by atoms with van der Waals surface area (Å²) in [6.45, 7) is 2.44. The number of benzene rings is 2. The van der Waals surface area contributed by atoms with Crippen LogP contribution in [0.2, 0.25) is 0 Å². The van der Waals surface area contributed by atoms with Crippen LogP contribution in [0.1, 0.15) is 21.5 Å². The van der Waals surface area contributed by atoms with Gasteiger partial charge < -0.3 is 9.80 Å². The van der Waals surface area contributed by atoms with E-state index in [0.717, 1.165) is 18.2 Å². The van der Waals surface area contributed by atoms with Crippen LogP contribution in [-0.4, -0.2) is 51.9 Å². The van der Waals surface area contributed by atoms with Crippen LogP contribution in [0.5, 0.6) is 0 Å². The summed E-state index contributed by atoms with van der Waals surface area (Å²) in [5.41, 5.74) is -1.46. The summed E-state index contributed by atoms with van der Waals surface area (Å²) in [5, 5.41) is 25.0. The highest BCUT2D eigenvalue weighted by Crippen LogP contribution is 2.36.